The third-order valence-corrected chi connectivity index (χ3v) is 5.25. The smallest absolute Gasteiger partial charge is 0.270 e. The molecule has 0 unspecified atom stereocenters. The maximum Gasteiger partial charge on any atom is 0.270 e. The molecular weight excluding hydrogens is 416 g/mol. The number of methoxy groups -OCH3 is 1. The molecule has 166 valence electrons. The minimum atomic E-state index is -0.577. The number of hydrogen-bond acceptors (Lipinski definition) is 7. The van der Waals surface area contributed by atoms with Crippen LogP contribution in [-0.2, 0) is 6.54 Å². The van der Waals surface area contributed by atoms with Crippen molar-refractivity contribution in [1.82, 2.24) is 9.47 Å². The average Bonchev–Trinajstić information content (AvgIpc) is 3.22. The monoisotopic (exact) mass is 438 g/mol. The summed E-state index contributed by atoms with van der Waals surface area (Å²) < 4.78 is 12.6. The zero-order valence-corrected chi connectivity index (χ0v) is 17.7. The van der Waals surface area contributed by atoms with Crippen LogP contribution in [0.4, 0.5) is 0 Å². The van der Waals surface area contributed by atoms with Crippen LogP contribution < -0.4 is 9.47 Å². The molecule has 9 heteroatoms. The molecule has 2 heterocycles. The first-order chi connectivity index (χ1) is 15.3. The van der Waals surface area contributed by atoms with Gasteiger partial charge in [0, 0.05) is 49.2 Å². The Morgan fingerprint density at radius 2 is 1.97 bits per heavy atom. The second-order valence-electron chi connectivity index (χ2n) is 7.50. The van der Waals surface area contributed by atoms with Crippen LogP contribution in [0.5, 0.6) is 23.0 Å². The number of aromatic hydroxyl groups is 2. The molecule has 1 aliphatic rings. The van der Waals surface area contributed by atoms with Gasteiger partial charge in [-0.1, -0.05) is 0 Å². The molecule has 4 rings (SSSR count). The number of phenolic OH excluding ortho intramolecular Hbond substituents is 2. The molecule has 0 aliphatic carbocycles. The Bertz CT molecular complexity index is 1290. The number of Topliss-reactive ketones (excluding diaryl/α,β-unsaturated/α-hetero) is 1. The molecule has 9 nitrogen and oxygen atoms in total. The maximum absolute atomic E-state index is 13.1. The number of aliphatic hydroxyl groups is 1. The molecule has 0 saturated carbocycles. The molecule has 0 fully saturated rings. The summed E-state index contributed by atoms with van der Waals surface area (Å²) in [5.41, 5.74) is 1.27. The summed E-state index contributed by atoms with van der Waals surface area (Å²) >= 11 is 0. The van der Waals surface area contributed by atoms with Gasteiger partial charge in [-0.25, -0.2) is 0 Å². The Morgan fingerprint density at radius 3 is 2.62 bits per heavy atom. The van der Waals surface area contributed by atoms with Crippen molar-refractivity contribution < 1.29 is 34.4 Å². The van der Waals surface area contributed by atoms with Crippen molar-refractivity contribution in [3.05, 3.63) is 52.9 Å². The molecule has 1 amide bonds. The van der Waals surface area contributed by atoms with Gasteiger partial charge in [-0.05, 0) is 24.3 Å². The Morgan fingerprint density at radius 1 is 1.22 bits per heavy atom. The van der Waals surface area contributed by atoms with Crippen molar-refractivity contribution in [2.24, 2.45) is 0 Å². The number of ether oxygens (including phenoxy) is 2. The Kier molecular flexibility index (Phi) is 5.27. The van der Waals surface area contributed by atoms with Gasteiger partial charge in [0.2, 0.25) is 5.78 Å². The van der Waals surface area contributed by atoms with Gasteiger partial charge in [0.15, 0.2) is 5.76 Å². The first kappa shape index (κ1) is 21.3. The van der Waals surface area contributed by atoms with Crippen molar-refractivity contribution in [3.63, 3.8) is 0 Å². The molecule has 0 spiro atoms. The van der Waals surface area contributed by atoms with E-state index in [1.165, 1.54) is 24.2 Å². The quantitative estimate of drug-likeness (QED) is 0.523. The second kappa shape index (κ2) is 7.93. The topological polar surface area (TPSA) is 121 Å². The van der Waals surface area contributed by atoms with Crippen molar-refractivity contribution >= 4 is 28.7 Å². The van der Waals surface area contributed by atoms with E-state index in [9.17, 15) is 24.9 Å². The number of fused-ring (bicyclic) bond motifs is 2. The molecule has 3 N–H and O–H groups in total. The van der Waals surface area contributed by atoms with Crippen LogP contribution in [0.2, 0.25) is 0 Å². The highest BCUT2D eigenvalue weighted by molar-refractivity contribution is 6.17. The largest absolute Gasteiger partial charge is 0.508 e. The first-order valence-electron chi connectivity index (χ1n) is 9.79. The van der Waals surface area contributed by atoms with E-state index in [-0.39, 0.29) is 47.6 Å². The lowest BCUT2D eigenvalue weighted by atomic mass is 10.1. The fourth-order valence-electron chi connectivity index (χ4n) is 3.82. The fourth-order valence-corrected chi connectivity index (χ4v) is 3.82. The second-order valence-corrected chi connectivity index (χ2v) is 7.50. The number of aromatic nitrogens is 1. The van der Waals surface area contributed by atoms with E-state index in [4.69, 9.17) is 9.47 Å². The molecule has 3 aromatic rings. The minimum Gasteiger partial charge on any atom is -0.508 e. The lowest BCUT2D eigenvalue weighted by Crippen LogP contribution is -2.26. The first-order valence-corrected chi connectivity index (χ1v) is 9.79. The summed E-state index contributed by atoms with van der Waals surface area (Å²) in [5, 5.41) is 30.1. The van der Waals surface area contributed by atoms with E-state index in [2.05, 4.69) is 0 Å². The van der Waals surface area contributed by atoms with Gasteiger partial charge in [0.1, 0.15) is 34.3 Å². The van der Waals surface area contributed by atoms with Crippen LogP contribution in [0, 0.1) is 0 Å². The van der Waals surface area contributed by atoms with Gasteiger partial charge >= 0.3 is 0 Å². The summed E-state index contributed by atoms with van der Waals surface area (Å²) in [4.78, 5) is 27.5. The maximum atomic E-state index is 13.1. The van der Waals surface area contributed by atoms with E-state index < -0.39 is 11.5 Å². The number of benzene rings is 2. The zero-order chi connectivity index (χ0) is 23.2. The summed E-state index contributed by atoms with van der Waals surface area (Å²) in [7, 11) is 4.73. The van der Waals surface area contributed by atoms with Gasteiger partial charge in [-0.2, -0.15) is 0 Å². The van der Waals surface area contributed by atoms with Crippen molar-refractivity contribution in [1.29, 1.82) is 0 Å². The van der Waals surface area contributed by atoms with Gasteiger partial charge < -0.3 is 34.3 Å². The lowest BCUT2D eigenvalue weighted by molar-refractivity contribution is 0.0815. The molecule has 1 aromatic heterocycles. The summed E-state index contributed by atoms with van der Waals surface area (Å²) in [6.45, 7) is -0.0435. The van der Waals surface area contributed by atoms with E-state index in [1.807, 2.05) is 0 Å². The standard InChI is InChI=1S/C23H22N2O7/c1-24(2)23(30)21-15(14-10-13(31-3)4-5-16(14)25(21)6-7-26)11-19-22(29)20-17(28)8-12(27)9-18(20)32-19/h4-5,8-11,26-28H,6-7H2,1-3H3. The summed E-state index contributed by atoms with van der Waals surface area (Å²) in [5.74, 6) is -1.09. The van der Waals surface area contributed by atoms with Crippen LogP contribution >= 0.6 is 0 Å². The number of carbonyl (C=O) groups excluding carboxylic acids is 2. The third kappa shape index (κ3) is 3.32. The van der Waals surface area contributed by atoms with Gasteiger partial charge in [-0.15, -0.1) is 0 Å². The van der Waals surface area contributed by atoms with Crippen LogP contribution in [0.25, 0.3) is 17.0 Å². The number of aliphatic hydroxyl groups excluding tert-OH is 1. The molecule has 2 aromatic carbocycles. The van der Waals surface area contributed by atoms with Crippen LogP contribution in [-0.4, -0.2) is 64.3 Å². The summed E-state index contributed by atoms with van der Waals surface area (Å²) in [6, 6.07) is 7.54. The van der Waals surface area contributed by atoms with Crippen molar-refractivity contribution in [2.75, 3.05) is 27.8 Å². The number of ketones is 1. The molecule has 0 atom stereocenters. The van der Waals surface area contributed by atoms with Crippen LogP contribution in [0.3, 0.4) is 0 Å². The SMILES string of the molecule is COc1ccc2c(c1)c(C=C1Oc3cc(O)cc(O)c3C1=O)c(C(=O)N(C)C)n2CCO. The van der Waals surface area contributed by atoms with Crippen molar-refractivity contribution in [2.45, 2.75) is 6.54 Å². The fraction of sp³-hybridized carbons (Fsp3) is 0.217. The number of carbonyl (C=O) groups is 2. The van der Waals surface area contributed by atoms with Crippen molar-refractivity contribution in [3.8, 4) is 23.0 Å². The van der Waals surface area contributed by atoms with E-state index >= 15 is 0 Å². The number of allylic oxidation sites excluding steroid dienone is 1. The molecule has 0 saturated heterocycles. The lowest BCUT2D eigenvalue weighted by Gasteiger charge is -2.14. The predicted molar refractivity (Wildman–Crippen MR) is 116 cm³/mol. The van der Waals surface area contributed by atoms with E-state index in [0.717, 1.165) is 6.07 Å². The van der Waals surface area contributed by atoms with Crippen LogP contribution in [0.15, 0.2) is 36.1 Å². The number of amides is 1. The Labute approximate surface area is 183 Å². The third-order valence-electron chi connectivity index (χ3n) is 5.25. The van der Waals surface area contributed by atoms with E-state index in [0.29, 0.717) is 22.2 Å². The molecule has 0 bridgehead atoms. The zero-order valence-electron chi connectivity index (χ0n) is 17.7. The Hall–Kier alpha value is -3.98. The van der Waals surface area contributed by atoms with Gasteiger partial charge in [0.25, 0.3) is 5.91 Å². The van der Waals surface area contributed by atoms with Gasteiger partial charge in [0.05, 0.1) is 13.7 Å². The molecule has 1 aliphatic heterocycles. The molecule has 0 radical (unpaired) electrons. The normalized spacial score (nSPS) is 14.0. The number of nitrogens with zero attached hydrogens (tertiary/aromatic N) is 2. The highest BCUT2D eigenvalue weighted by atomic mass is 16.5. The number of hydrogen-bond donors (Lipinski definition) is 3. The molecular formula is C23H22N2O7. The number of phenols is 2. The molecule has 32 heavy (non-hydrogen) atoms. The Balaban J connectivity index is 1.99. The van der Waals surface area contributed by atoms with E-state index in [1.54, 1.807) is 36.9 Å². The van der Waals surface area contributed by atoms with Gasteiger partial charge in [-0.3, -0.25) is 9.59 Å². The minimum absolute atomic E-state index is 0.0240. The average molecular weight is 438 g/mol. The van der Waals surface area contributed by atoms with Crippen LogP contribution in [0.1, 0.15) is 26.4 Å². The summed E-state index contributed by atoms with van der Waals surface area (Å²) in [6.07, 6.45) is 1.44. The highest BCUT2D eigenvalue weighted by Gasteiger charge is 2.33. The highest BCUT2D eigenvalue weighted by Crippen LogP contribution is 2.41. The predicted octanol–water partition coefficient (Wildman–Crippen LogP) is 2.37. The number of rotatable bonds is 5.